The first-order valence-electron chi connectivity index (χ1n) is 12.9. The van der Waals surface area contributed by atoms with Gasteiger partial charge in [0.05, 0.1) is 26.5 Å². The van der Waals surface area contributed by atoms with Crippen LogP contribution in [0.3, 0.4) is 0 Å². The number of likely N-dealkylation sites (N-methyl/N-ethyl adjacent to an activating group) is 1. The number of aliphatic carboxylic acids is 1. The molecule has 2 atom stereocenters. The molecule has 0 aliphatic rings. The number of nitrogens with zero attached hydrogens (tertiary/aromatic N) is 1. The molecule has 0 bridgehead atoms. The van der Waals surface area contributed by atoms with E-state index in [1.807, 2.05) is 0 Å². The highest BCUT2D eigenvalue weighted by Gasteiger charge is 2.50. The lowest BCUT2D eigenvalue weighted by molar-refractivity contribution is -0.960. The molecule has 10 nitrogen and oxygen atoms in total. The number of quaternary nitrogens is 1. The van der Waals surface area contributed by atoms with Gasteiger partial charge in [-0.05, 0) is 12.8 Å². The van der Waals surface area contributed by atoms with E-state index in [2.05, 4.69) is 12.2 Å². The third-order valence-corrected chi connectivity index (χ3v) is 7.82. The number of carbonyl (C=O) groups excluding carboxylic acids is 2. The Bertz CT molecular complexity index is 714. The summed E-state index contributed by atoms with van der Waals surface area (Å²) in [6, 6.07) is 0. The van der Waals surface area contributed by atoms with E-state index in [1.54, 1.807) is 14.1 Å². The first-order chi connectivity index (χ1) is 16.4. The van der Waals surface area contributed by atoms with Crippen molar-refractivity contribution < 1.29 is 42.4 Å². The highest BCUT2D eigenvalue weighted by Crippen LogP contribution is 2.33. The number of carboxylic acids is 1. The summed E-state index contributed by atoms with van der Waals surface area (Å²) in [7, 11) is -1.19. The fourth-order valence-corrected chi connectivity index (χ4v) is 5.21. The lowest BCUT2D eigenvalue weighted by Gasteiger charge is -2.53. The first kappa shape index (κ1) is 33.7. The molecular weight excluding hydrogens is 476 g/mol. The number of carboxylic acid groups (broad SMARTS) is 1. The van der Waals surface area contributed by atoms with Gasteiger partial charge in [-0.15, -0.1) is 0 Å². The fraction of sp³-hybridized carbons (Fsp3) is 0.917. The number of nitrogens with one attached hydrogen (secondary N) is 1. The van der Waals surface area contributed by atoms with Gasteiger partial charge in [0.1, 0.15) is 11.5 Å². The summed E-state index contributed by atoms with van der Waals surface area (Å²) in [5, 5.41) is 34.4. The molecule has 0 aliphatic heterocycles. The molecule has 0 fully saturated rings. The van der Waals surface area contributed by atoms with E-state index in [-0.39, 0.29) is 49.1 Å². The molecule has 35 heavy (non-hydrogen) atoms. The number of carbonyl (C=O) groups is 2. The van der Waals surface area contributed by atoms with Crippen molar-refractivity contribution in [1.82, 2.24) is 5.32 Å². The van der Waals surface area contributed by atoms with Gasteiger partial charge in [-0.2, -0.15) is 8.42 Å². The van der Waals surface area contributed by atoms with Gasteiger partial charge >= 0.3 is 0 Å². The van der Waals surface area contributed by atoms with E-state index in [0.29, 0.717) is 6.42 Å². The minimum absolute atomic E-state index is 0.0647. The zero-order valence-electron chi connectivity index (χ0n) is 21.8. The Balaban J connectivity index is 5.16. The fourth-order valence-electron chi connectivity index (χ4n) is 4.70. The Morgan fingerprint density at radius 3 is 1.91 bits per heavy atom. The summed E-state index contributed by atoms with van der Waals surface area (Å²) in [4.78, 5) is 25.0. The normalized spacial score (nSPS) is 14.9. The Morgan fingerprint density at radius 2 is 1.46 bits per heavy atom. The van der Waals surface area contributed by atoms with Gasteiger partial charge < -0.3 is 25.4 Å². The molecule has 0 saturated carbocycles. The standard InChI is InChI=1S/C24H48N2O8S/c1-4-5-6-7-8-9-10-11-12-14-22(29)25-21(15-18-27)26(2,3)24(17-19-28,23(30)31)16-13-20-35(32,33)34/h21,27-28H,4-20H2,1-3H3,(H2-,25,29,30,31,32,33,34). The van der Waals surface area contributed by atoms with Gasteiger partial charge in [-0.1, -0.05) is 58.3 Å². The molecule has 0 radical (unpaired) electrons. The second kappa shape index (κ2) is 17.2. The van der Waals surface area contributed by atoms with Crippen LogP contribution in [0.2, 0.25) is 0 Å². The summed E-state index contributed by atoms with van der Waals surface area (Å²) in [6.07, 6.45) is 8.92. The molecule has 0 spiro atoms. The molecule has 11 heteroatoms. The molecule has 2 unspecified atom stereocenters. The number of unbranched alkanes of at least 4 members (excludes halogenated alkanes) is 8. The summed E-state index contributed by atoms with van der Waals surface area (Å²) in [5.74, 6) is -2.39. The van der Waals surface area contributed by atoms with E-state index in [4.69, 9.17) is 4.55 Å². The van der Waals surface area contributed by atoms with Crippen molar-refractivity contribution >= 4 is 22.0 Å². The van der Waals surface area contributed by atoms with Gasteiger partial charge in [-0.3, -0.25) is 13.8 Å². The zero-order valence-corrected chi connectivity index (χ0v) is 22.7. The predicted octanol–water partition coefficient (Wildman–Crippen LogP) is 1.35. The molecule has 1 amide bonds. The maximum atomic E-state index is 12.7. The van der Waals surface area contributed by atoms with E-state index >= 15 is 0 Å². The van der Waals surface area contributed by atoms with Crippen molar-refractivity contribution in [3.63, 3.8) is 0 Å². The van der Waals surface area contributed by atoms with Crippen molar-refractivity contribution in [2.45, 2.75) is 109 Å². The van der Waals surface area contributed by atoms with Crippen molar-refractivity contribution in [3.05, 3.63) is 0 Å². The molecule has 4 N–H and O–H groups in total. The van der Waals surface area contributed by atoms with Gasteiger partial charge in [0, 0.05) is 32.3 Å². The second-order valence-corrected chi connectivity index (χ2v) is 11.5. The summed E-state index contributed by atoms with van der Waals surface area (Å²) in [5.41, 5.74) is -1.75. The molecular formula is C24H48N2O8S. The average Bonchev–Trinajstić information content (AvgIpc) is 2.75. The number of aliphatic hydroxyl groups excluding tert-OH is 2. The van der Waals surface area contributed by atoms with Crippen LogP contribution in [-0.2, 0) is 19.7 Å². The minimum Gasteiger partial charge on any atom is -0.544 e. The van der Waals surface area contributed by atoms with Crippen LogP contribution in [0.15, 0.2) is 0 Å². The highest BCUT2D eigenvalue weighted by atomic mass is 32.2. The van der Waals surface area contributed by atoms with Gasteiger partial charge in [0.2, 0.25) is 5.91 Å². The van der Waals surface area contributed by atoms with Crippen LogP contribution < -0.4 is 10.4 Å². The topological polar surface area (TPSA) is 164 Å². The largest absolute Gasteiger partial charge is 0.544 e. The van der Waals surface area contributed by atoms with Gasteiger partial charge in [0.25, 0.3) is 10.1 Å². The highest BCUT2D eigenvalue weighted by molar-refractivity contribution is 7.85. The quantitative estimate of drug-likeness (QED) is 0.0713. The first-order valence-corrected chi connectivity index (χ1v) is 14.5. The van der Waals surface area contributed by atoms with Crippen LogP contribution in [0.25, 0.3) is 0 Å². The number of aliphatic hydroxyl groups is 2. The lowest BCUT2D eigenvalue weighted by atomic mass is 9.85. The molecule has 0 aliphatic carbocycles. The third-order valence-electron chi connectivity index (χ3n) is 7.02. The Hall–Kier alpha value is -1.27. The van der Waals surface area contributed by atoms with Crippen molar-refractivity contribution in [2.75, 3.05) is 33.1 Å². The molecule has 0 aromatic rings. The lowest BCUT2D eigenvalue weighted by Crippen LogP contribution is -2.74. The van der Waals surface area contributed by atoms with E-state index in [9.17, 15) is 33.3 Å². The van der Waals surface area contributed by atoms with Crippen LogP contribution in [0.1, 0.15) is 96.8 Å². The summed E-state index contributed by atoms with van der Waals surface area (Å²) >= 11 is 0. The molecule has 0 aromatic carbocycles. The van der Waals surface area contributed by atoms with E-state index in [0.717, 1.165) is 19.3 Å². The Labute approximate surface area is 211 Å². The summed E-state index contributed by atoms with van der Waals surface area (Å²) in [6.45, 7) is 1.38. The van der Waals surface area contributed by atoms with Gasteiger partial charge in [0.15, 0.2) is 6.17 Å². The van der Waals surface area contributed by atoms with Crippen molar-refractivity contribution in [2.24, 2.45) is 0 Å². The molecule has 0 heterocycles. The predicted molar refractivity (Wildman–Crippen MR) is 133 cm³/mol. The van der Waals surface area contributed by atoms with Crippen LogP contribution >= 0.6 is 0 Å². The monoisotopic (exact) mass is 524 g/mol. The second-order valence-electron chi connectivity index (χ2n) is 9.90. The minimum atomic E-state index is -4.30. The van der Waals surface area contributed by atoms with E-state index in [1.165, 1.54) is 32.1 Å². The Kier molecular flexibility index (Phi) is 16.6. The number of amides is 1. The smallest absolute Gasteiger partial charge is 0.264 e. The maximum Gasteiger partial charge on any atom is 0.264 e. The zero-order chi connectivity index (χ0) is 27.0. The van der Waals surface area contributed by atoms with Crippen LogP contribution in [0, 0.1) is 0 Å². The average molecular weight is 525 g/mol. The number of hydrogen-bond donors (Lipinski definition) is 4. The molecule has 208 valence electrons. The van der Waals surface area contributed by atoms with Crippen molar-refractivity contribution in [3.8, 4) is 0 Å². The van der Waals surface area contributed by atoms with Crippen LogP contribution in [-0.4, -0.2) is 84.3 Å². The number of hydrogen-bond acceptors (Lipinski definition) is 7. The van der Waals surface area contributed by atoms with E-state index < -0.39 is 40.2 Å². The van der Waals surface area contributed by atoms with Gasteiger partial charge in [-0.25, -0.2) is 0 Å². The third kappa shape index (κ3) is 12.5. The molecule has 0 aromatic heterocycles. The Morgan fingerprint density at radius 1 is 0.914 bits per heavy atom. The summed E-state index contributed by atoms with van der Waals surface area (Å²) < 4.78 is 31.0. The van der Waals surface area contributed by atoms with Crippen LogP contribution in [0.4, 0.5) is 0 Å². The van der Waals surface area contributed by atoms with Crippen molar-refractivity contribution in [1.29, 1.82) is 0 Å². The SMILES string of the molecule is CCCCCCCCCCCC(=O)NC(CCO)[N+](C)(C)C(CCO)(CCCS(=O)(=O)O)C(=O)[O-]. The molecule has 0 saturated heterocycles. The molecule has 0 rings (SSSR count). The van der Waals surface area contributed by atoms with Crippen LogP contribution in [0.5, 0.6) is 0 Å². The number of rotatable bonds is 22. The maximum absolute atomic E-state index is 12.7.